The first-order valence-electron chi connectivity index (χ1n) is 11.7. The van der Waals surface area contributed by atoms with E-state index in [9.17, 15) is 9.18 Å². The van der Waals surface area contributed by atoms with Gasteiger partial charge in [0.05, 0.1) is 12.6 Å². The molecule has 0 unspecified atom stereocenters. The van der Waals surface area contributed by atoms with Gasteiger partial charge in [-0.25, -0.2) is 14.4 Å². The summed E-state index contributed by atoms with van der Waals surface area (Å²) in [4.78, 5) is 21.6. The minimum absolute atomic E-state index is 0.0912. The summed E-state index contributed by atoms with van der Waals surface area (Å²) in [6, 6.07) is 18.1. The highest BCUT2D eigenvalue weighted by Gasteiger charge is 2.14. The van der Waals surface area contributed by atoms with Gasteiger partial charge in [-0.05, 0) is 56.2 Å². The Bertz CT molecular complexity index is 1270. The zero-order valence-corrected chi connectivity index (χ0v) is 20.7. The van der Waals surface area contributed by atoms with Crippen molar-refractivity contribution in [3.63, 3.8) is 0 Å². The fourth-order valence-corrected chi connectivity index (χ4v) is 4.54. The van der Waals surface area contributed by atoms with E-state index >= 15 is 0 Å². The zero-order valence-electron chi connectivity index (χ0n) is 19.9. The maximum atomic E-state index is 14.3. The van der Waals surface area contributed by atoms with Crippen molar-refractivity contribution in [2.45, 2.75) is 43.8 Å². The largest absolute Gasteiger partial charge is 0.379 e. The average molecular weight is 493 g/mol. The van der Waals surface area contributed by atoms with Crippen LogP contribution in [0.4, 0.5) is 4.39 Å². The number of hydrogen-bond acceptors (Lipinski definition) is 5. The van der Waals surface area contributed by atoms with Crippen LogP contribution in [-0.2, 0) is 17.0 Å². The molecule has 182 valence electrons. The summed E-state index contributed by atoms with van der Waals surface area (Å²) < 4.78 is 21.8. The smallest absolute Gasteiger partial charge is 0.251 e. The summed E-state index contributed by atoms with van der Waals surface area (Å²) in [5.41, 5.74) is 3.78. The van der Waals surface area contributed by atoms with Crippen LogP contribution in [0.15, 0.2) is 72.0 Å². The molecule has 2 aromatic heterocycles. The number of fused-ring (bicyclic) bond motifs is 1. The van der Waals surface area contributed by atoms with Crippen LogP contribution >= 0.6 is 11.8 Å². The number of aromatic nitrogens is 3. The number of ether oxygens (including phenoxy) is 1. The van der Waals surface area contributed by atoms with E-state index in [4.69, 9.17) is 9.72 Å². The van der Waals surface area contributed by atoms with Crippen LogP contribution < -0.4 is 5.32 Å². The lowest BCUT2D eigenvalue weighted by Gasteiger charge is -2.10. The second-order valence-electron chi connectivity index (χ2n) is 8.43. The van der Waals surface area contributed by atoms with E-state index < -0.39 is 0 Å². The van der Waals surface area contributed by atoms with Crippen LogP contribution in [0.3, 0.4) is 0 Å². The summed E-state index contributed by atoms with van der Waals surface area (Å²) in [7, 11) is 0. The van der Waals surface area contributed by atoms with Crippen LogP contribution in [0.25, 0.3) is 11.2 Å². The molecule has 0 saturated carbocycles. The van der Waals surface area contributed by atoms with Gasteiger partial charge >= 0.3 is 0 Å². The van der Waals surface area contributed by atoms with Gasteiger partial charge in [-0.2, -0.15) is 0 Å². The minimum atomic E-state index is -0.248. The molecule has 2 heterocycles. The molecule has 0 aliphatic heterocycles. The van der Waals surface area contributed by atoms with Gasteiger partial charge in [0.2, 0.25) is 0 Å². The minimum Gasteiger partial charge on any atom is -0.379 e. The van der Waals surface area contributed by atoms with Gasteiger partial charge in [-0.1, -0.05) is 42.1 Å². The van der Waals surface area contributed by atoms with Gasteiger partial charge in [0.1, 0.15) is 11.3 Å². The Morgan fingerprint density at radius 1 is 1.11 bits per heavy atom. The second kappa shape index (κ2) is 12.0. The highest BCUT2D eigenvalue weighted by molar-refractivity contribution is 7.98. The molecule has 0 aliphatic carbocycles. The Morgan fingerprint density at radius 3 is 2.69 bits per heavy atom. The first-order chi connectivity index (χ1) is 17.0. The number of imidazole rings is 1. The predicted octanol–water partition coefficient (Wildman–Crippen LogP) is 5.46. The Kier molecular flexibility index (Phi) is 8.50. The second-order valence-corrected chi connectivity index (χ2v) is 9.38. The number of nitrogens with zero attached hydrogens (tertiary/aromatic N) is 3. The number of halogens is 1. The van der Waals surface area contributed by atoms with E-state index in [1.54, 1.807) is 30.1 Å². The summed E-state index contributed by atoms with van der Waals surface area (Å²) in [6.45, 7) is 5.55. The van der Waals surface area contributed by atoms with Gasteiger partial charge in [0, 0.05) is 36.2 Å². The van der Waals surface area contributed by atoms with Crippen LogP contribution in [0.5, 0.6) is 0 Å². The van der Waals surface area contributed by atoms with Crippen LogP contribution in [0.2, 0.25) is 0 Å². The monoisotopic (exact) mass is 492 g/mol. The van der Waals surface area contributed by atoms with E-state index in [-0.39, 0.29) is 17.8 Å². The molecule has 8 heteroatoms. The standard InChI is InChI=1S/C27H29FN4O2S/c1-19(2)34-16-6-15-30-26(33)21-12-10-20(11-13-21)18-35-27-31-24-9-5-14-29-25(24)32(27)17-22-7-3-4-8-23(22)28/h3-5,7-14,19H,6,15-18H2,1-2H3,(H,30,33). The molecular formula is C27H29FN4O2S. The number of rotatable bonds is 11. The molecule has 0 spiro atoms. The van der Waals surface area contributed by atoms with Crippen LogP contribution in [0, 0.1) is 5.82 Å². The lowest BCUT2D eigenvalue weighted by molar-refractivity contribution is 0.0757. The number of amides is 1. The molecule has 0 atom stereocenters. The fourth-order valence-electron chi connectivity index (χ4n) is 3.58. The maximum absolute atomic E-state index is 14.3. The number of pyridine rings is 1. The van der Waals surface area contributed by atoms with E-state index in [0.717, 1.165) is 28.3 Å². The maximum Gasteiger partial charge on any atom is 0.251 e. The molecule has 0 bridgehead atoms. The summed E-state index contributed by atoms with van der Waals surface area (Å²) in [5, 5.41) is 3.70. The SMILES string of the molecule is CC(C)OCCCNC(=O)c1ccc(CSc2nc3cccnc3n2Cc2ccccc2F)cc1. The number of benzene rings is 2. The number of nitrogens with one attached hydrogen (secondary N) is 1. The Hall–Kier alpha value is -3.23. The van der Waals surface area contributed by atoms with Gasteiger partial charge in [-0.3, -0.25) is 9.36 Å². The fraction of sp³-hybridized carbons (Fsp3) is 0.296. The van der Waals surface area contributed by atoms with Gasteiger partial charge in [-0.15, -0.1) is 0 Å². The molecule has 35 heavy (non-hydrogen) atoms. The number of thioether (sulfide) groups is 1. The van der Waals surface area contributed by atoms with Crippen molar-refractivity contribution < 1.29 is 13.9 Å². The van der Waals surface area contributed by atoms with E-state index in [1.165, 1.54) is 6.07 Å². The molecule has 0 radical (unpaired) electrons. The van der Waals surface area contributed by atoms with Crippen molar-refractivity contribution in [3.05, 3.63) is 89.4 Å². The lowest BCUT2D eigenvalue weighted by atomic mass is 10.1. The molecule has 0 aliphatic rings. The van der Waals surface area contributed by atoms with Crippen molar-refractivity contribution in [1.82, 2.24) is 19.9 Å². The topological polar surface area (TPSA) is 69.0 Å². The highest BCUT2D eigenvalue weighted by Crippen LogP contribution is 2.27. The third-order valence-electron chi connectivity index (χ3n) is 5.40. The first-order valence-corrected chi connectivity index (χ1v) is 12.7. The van der Waals surface area contributed by atoms with Crippen LogP contribution in [-0.4, -0.2) is 39.7 Å². The van der Waals surface area contributed by atoms with E-state index in [1.807, 2.05) is 60.9 Å². The molecule has 0 fully saturated rings. The average Bonchev–Trinajstić information content (AvgIpc) is 3.21. The Morgan fingerprint density at radius 2 is 1.91 bits per heavy atom. The zero-order chi connectivity index (χ0) is 24.6. The Labute approximate surface area is 208 Å². The van der Waals surface area contributed by atoms with Crippen molar-refractivity contribution in [3.8, 4) is 0 Å². The molecule has 1 amide bonds. The lowest BCUT2D eigenvalue weighted by Crippen LogP contribution is -2.25. The Balaban J connectivity index is 1.39. The number of carbonyl (C=O) groups excluding carboxylic acids is 1. The molecule has 6 nitrogen and oxygen atoms in total. The number of carbonyl (C=O) groups is 1. The summed E-state index contributed by atoms with van der Waals surface area (Å²) >= 11 is 1.56. The number of hydrogen-bond donors (Lipinski definition) is 1. The van der Waals surface area contributed by atoms with Gasteiger partial charge < -0.3 is 10.1 Å². The van der Waals surface area contributed by atoms with Gasteiger partial charge in [0.25, 0.3) is 5.91 Å². The summed E-state index contributed by atoms with van der Waals surface area (Å²) in [6.07, 6.45) is 2.70. The third kappa shape index (κ3) is 6.68. The molecule has 4 rings (SSSR count). The molecule has 2 aromatic carbocycles. The predicted molar refractivity (Wildman–Crippen MR) is 137 cm³/mol. The van der Waals surface area contributed by atoms with Crippen molar-refractivity contribution in [2.24, 2.45) is 0 Å². The first kappa shape index (κ1) is 24.9. The van der Waals surface area contributed by atoms with Crippen LogP contribution in [0.1, 0.15) is 41.8 Å². The van der Waals surface area contributed by atoms with Gasteiger partial charge in [0.15, 0.2) is 10.8 Å². The van der Waals surface area contributed by atoms with E-state index in [0.29, 0.717) is 36.6 Å². The molecule has 4 aromatic rings. The summed E-state index contributed by atoms with van der Waals surface area (Å²) in [5.74, 6) is 0.323. The molecule has 1 N–H and O–H groups in total. The van der Waals surface area contributed by atoms with Crippen molar-refractivity contribution >= 4 is 28.8 Å². The van der Waals surface area contributed by atoms with E-state index in [2.05, 4.69) is 10.3 Å². The molecular weight excluding hydrogens is 463 g/mol. The third-order valence-corrected chi connectivity index (χ3v) is 6.44. The molecule has 0 saturated heterocycles. The quantitative estimate of drug-likeness (QED) is 0.223. The normalized spacial score (nSPS) is 11.3. The van der Waals surface area contributed by atoms with Crippen molar-refractivity contribution in [1.29, 1.82) is 0 Å². The van der Waals surface area contributed by atoms with Crippen molar-refractivity contribution in [2.75, 3.05) is 13.2 Å². The highest BCUT2D eigenvalue weighted by atomic mass is 32.2.